The summed E-state index contributed by atoms with van der Waals surface area (Å²) in [5.41, 5.74) is 0. The molecule has 3 saturated heterocycles. The Morgan fingerprint density at radius 3 is 2.29 bits per heavy atom. The van der Waals surface area contributed by atoms with E-state index in [1.807, 2.05) is 0 Å². The molecule has 3 fully saturated rings. The van der Waals surface area contributed by atoms with E-state index in [1.165, 1.54) is 19.3 Å². The van der Waals surface area contributed by atoms with Gasteiger partial charge < -0.3 is 9.84 Å². The predicted molar refractivity (Wildman–Crippen MR) is 53.1 cm³/mol. The van der Waals surface area contributed by atoms with Gasteiger partial charge in [0, 0.05) is 24.7 Å². The van der Waals surface area contributed by atoms with Crippen LogP contribution in [0.25, 0.3) is 0 Å². The van der Waals surface area contributed by atoms with Crippen LogP contribution in [-0.2, 0) is 4.74 Å². The van der Waals surface area contributed by atoms with Gasteiger partial charge in [-0.3, -0.25) is 4.90 Å². The summed E-state index contributed by atoms with van der Waals surface area (Å²) in [7, 11) is 0. The molecule has 0 saturated carbocycles. The molecule has 0 amide bonds. The van der Waals surface area contributed by atoms with Gasteiger partial charge in [0.05, 0.1) is 12.7 Å². The van der Waals surface area contributed by atoms with Gasteiger partial charge in [-0.05, 0) is 32.1 Å². The average molecular weight is 197 g/mol. The molecular weight excluding hydrogens is 178 g/mol. The summed E-state index contributed by atoms with van der Waals surface area (Å²) in [6.45, 7) is 1.85. The van der Waals surface area contributed by atoms with Crippen LogP contribution in [0.5, 0.6) is 0 Å². The van der Waals surface area contributed by atoms with Gasteiger partial charge in [-0.15, -0.1) is 0 Å². The highest BCUT2D eigenvalue weighted by Gasteiger charge is 2.44. The highest BCUT2D eigenvalue weighted by molar-refractivity contribution is 4.98. The van der Waals surface area contributed by atoms with E-state index in [-0.39, 0.29) is 6.10 Å². The summed E-state index contributed by atoms with van der Waals surface area (Å²) < 4.78 is 5.46. The highest BCUT2D eigenvalue weighted by Crippen LogP contribution is 2.38. The predicted octanol–water partition coefficient (Wildman–Crippen LogP) is 0.763. The third-order valence-electron chi connectivity index (χ3n) is 4.09. The number of hydrogen-bond donors (Lipinski definition) is 1. The van der Waals surface area contributed by atoms with Crippen molar-refractivity contribution in [2.45, 2.75) is 56.3 Å². The maximum absolute atomic E-state index is 9.69. The van der Waals surface area contributed by atoms with Gasteiger partial charge in [-0.2, -0.15) is 0 Å². The molecule has 0 aromatic rings. The number of piperidine rings is 1. The lowest BCUT2D eigenvalue weighted by Crippen LogP contribution is -2.50. The van der Waals surface area contributed by atoms with Crippen LogP contribution < -0.4 is 0 Å². The summed E-state index contributed by atoms with van der Waals surface area (Å²) in [5.74, 6) is 0. The summed E-state index contributed by atoms with van der Waals surface area (Å²) in [4.78, 5) is 2.65. The molecule has 14 heavy (non-hydrogen) atoms. The number of fused-ring (bicyclic) bond motifs is 2. The van der Waals surface area contributed by atoms with E-state index in [1.54, 1.807) is 0 Å². The van der Waals surface area contributed by atoms with Crippen molar-refractivity contribution in [2.75, 3.05) is 13.2 Å². The first-order valence-electron chi connectivity index (χ1n) is 5.88. The Bertz CT molecular complexity index is 201. The molecule has 3 heterocycles. The number of aliphatic hydroxyl groups is 1. The largest absolute Gasteiger partial charge is 0.393 e. The minimum Gasteiger partial charge on any atom is -0.393 e. The van der Waals surface area contributed by atoms with E-state index >= 15 is 0 Å². The van der Waals surface area contributed by atoms with Gasteiger partial charge in [0.2, 0.25) is 0 Å². The zero-order valence-electron chi connectivity index (χ0n) is 8.56. The third kappa shape index (κ3) is 1.38. The minimum absolute atomic E-state index is 0.0360. The molecule has 80 valence electrons. The Hall–Kier alpha value is -0.120. The molecule has 3 atom stereocenters. The molecule has 2 bridgehead atoms. The van der Waals surface area contributed by atoms with E-state index in [0.717, 1.165) is 26.1 Å². The Morgan fingerprint density at radius 2 is 1.71 bits per heavy atom. The van der Waals surface area contributed by atoms with E-state index in [2.05, 4.69) is 4.90 Å². The smallest absolute Gasteiger partial charge is 0.0622 e. The molecule has 3 rings (SSSR count). The lowest BCUT2D eigenvalue weighted by molar-refractivity contribution is 0.00750. The fraction of sp³-hybridized carbons (Fsp3) is 1.00. The van der Waals surface area contributed by atoms with Crippen LogP contribution in [0.3, 0.4) is 0 Å². The first kappa shape index (κ1) is 9.13. The van der Waals surface area contributed by atoms with Crippen molar-refractivity contribution in [1.29, 1.82) is 0 Å². The fourth-order valence-electron chi connectivity index (χ4n) is 3.54. The molecule has 3 aliphatic heterocycles. The van der Waals surface area contributed by atoms with Crippen LogP contribution in [0.4, 0.5) is 0 Å². The molecule has 3 heteroatoms. The normalized spacial score (nSPS) is 48.6. The Labute approximate surface area is 85.0 Å². The molecule has 0 aromatic carbocycles. The zero-order chi connectivity index (χ0) is 9.54. The molecule has 0 aliphatic carbocycles. The van der Waals surface area contributed by atoms with Gasteiger partial charge in [0.25, 0.3) is 0 Å². The Morgan fingerprint density at radius 1 is 1.00 bits per heavy atom. The van der Waals surface area contributed by atoms with E-state index in [9.17, 15) is 5.11 Å². The number of rotatable bonds is 1. The molecular formula is C11H19NO2. The third-order valence-corrected chi connectivity index (χ3v) is 4.09. The second kappa shape index (κ2) is 3.47. The SMILES string of the molecule is OC1CC2CCC(C1)N2C1CCOC1. The fourth-order valence-corrected chi connectivity index (χ4v) is 3.54. The molecule has 3 aliphatic rings. The number of hydrogen-bond acceptors (Lipinski definition) is 3. The van der Waals surface area contributed by atoms with Gasteiger partial charge >= 0.3 is 0 Å². The number of ether oxygens (including phenoxy) is 1. The topological polar surface area (TPSA) is 32.7 Å². The second-order valence-electron chi connectivity index (χ2n) is 4.97. The van der Waals surface area contributed by atoms with Crippen molar-refractivity contribution in [3.63, 3.8) is 0 Å². The first-order valence-corrected chi connectivity index (χ1v) is 5.88. The van der Waals surface area contributed by atoms with E-state index < -0.39 is 0 Å². The minimum atomic E-state index is -0.0360. The monoisotopic (exact) mass is 197 g/mol. The van der Waals surface area contributed by atoms with Gasteiger partial charge in [-0.25, -0.2) is 0 Å². The molecule has 0 spiro atoms. The lowest BCUT2D eigenvalue weighted by atomic mass is 9.97. The average Bonchev–Trinajstić information content (AvgIpc) is 2.72. The van der Waals surface area contributed by atoms with E-state index in [4.69, 9.17) is 4.74 Å². The van der Waals surface area contributed by atoms with Gasteiger partial charge in [0.15, 0.2) is 0 Å². The van der Waals surface area contributed by atoms with Crippen molar-refractivity contribution >= 4 is 0 Å². The Balaban J connectivity index is 1.74. The summed E-state index contributed by atoms with van der Waals surface area (Å²) in [6, 6.07) is 1.95. The van der Waals surface area contributed by atoms with Crippen LogP contribution >= 0.6 is 0 Å². The van der Waals surface area contributed by atoms with E-state index in [0.29, 0.717) is 18.1 Å². The van der Waals surface area contributed by atoms with Crippen molar-refractivity contribution in [3.05, 3.63) is 0 Å². The van der Waals surface area contributed by atoms with Crippen LogP contribution in [0.15, 0.2) is 0 Å². The van der Waals surface area contributed by atoms with Crippen LogP contribution in [0.2, 0.25) is 0 Å². The van der Waals surface area contributed by atoms with Crippen LogP contribution in [0.1, 0.15) is 32.1 Å². The number of nitrogens with zero attached hydrogens (tertiary/aromatic N) is 1. The summed E-state index contributed by atoms with van der Waals surface area (Å²) >= 11 is 0. The Kier molecular flexibility index (Phi) is 2.26. The van der Waals surface area contributed by atoms with Crippen LogP contribution in [0, 0.1) is 0 Å². The van der Waals surface area contributed by atoms with Crippen molar-refractivity contribution in [1.82, 2.24) is 4.90 Å². The first-order chi connectivity index (χ1) is 6.84. The zero-order valence-corrected chi connectivity index (χ0v) is 8.56. The maximum atomic E-state index is 9.69. The molecule has 1 N–H and O–H groups in total. The van der Waals surface area contributed by atoms with Crippen molar-refractivity contribution in [2.24, 2.45) is 0 Å². The van der Waals surface area contributed by atoms with Crippen LogP contribution in [-0.4, -0.2) is 47.4 Å². The standard InChI is InChI=1S/C11H19NO2/c13-11-5-8-1-2-9(6-11)12(8)10-3-4-14-7-10/h8-11,13H,1-7H2. The lowest BCUT2D eigenvalue weighted by Gasteiger charge is -2.40. The highest BCUT2D eigenvalue weighted by atomic mass is 16.5. The molecule has 0 radical (unpaired) electrons. The van der Waals surface area contributed by atoms with Gasteiger partial charge in [0.1, 0.15) is 0 Å². The summed E-state index contributed by atoms with van der Waals surface area (Å²) in [6.07, 6.45) is 5.73. The maximum Gasteiger partial charge on any atom is 0.0622 e. The van der Waals surface area contributed by atoms with Gasteiger partial charge in [-0.1, -0.05) is 0 Å². The summed E-state index contributed by atoms with van der Waals surface area (Å²) in [5, 5.41) is 9.69. The quantitative estimate of drug-likeness (QED) is 0.673. The van der Waals surface area contributed by atoms with Crippen molar-refractivity contribution < 1.29 is 9.84 Å². The van der Waals surface area contributed by atoms with Crippen molar-refractivity contribution in [3.8, 4) is 0 Å². The molecule has 3 nitrogen and oxygen atoms in total. The number of aliphatic hydroxyl groups excluding tert-OH is 1. The second-order valence-corrected chi connectivity index (χ2v) is 4.97. The molecule has 0 aromatic heterocycles. The molecule has 3 unspecified atom stereocenters.